The van der Waals surface area contributed by atoms with Crippen LogP contribution in [0.1, 0.15) is 36.8 Å². The maximum Gasteiger partial charge on any atom is 0.164 e. The van der Waals surface area contributed by atoms with Gasteiger partial charge in [-0.25, -0.2) is 4.99 Å². The summed E-state index contributed by atoms with van der Waals surface area (Å²) in [6, 6.07) is 17.4. The summed E-state index contributed by atoms with van der Waals surface area (Å²) in [6.45, 7) is 6.45. The molecule has 2 aliphatic heterocycles. The van der Waals surface area contributed by atoms with E-state index >= 15 is 0 Å². The van der Waals surface area contributed by atoms with Crippen LogP contribution in [0.2, 0.25) is 0 Å². The molecule has 5 heteroatoms. The Morgan fingerprint density at radius 2 is 1.83 bits per heavy atom. The van der Waals surface area contributed by atoms with Crippen LogP contribution in [0, 0.1) is 6.92 Å². The van der Waals surface area contributed by atoms with Crippen LogP contribution in [0.25, 0.3) is 0 Å². The van der Waals surface area contributed by atoms with Crippen molar-refractivity contribution in [3.8, 4) is 5.75 Å². The molecule has 0 aliphatic carbocycles. The summed E-state index contributed by atoms with van der Waals surface area (Å²) >= 11 is 1.88. The van der Waals surface area contributed by atoms with Crippen LogP contribution < -0.4 is 4.74 Å². The Balaban J connectivity index is 1.15. The van der Waals surface area contributed by atoms with Crippen LogP contribution in [0.5, 0.6) is 5.75 Å². The van der Waals surface area contributed by atoms with Crippen LogP contribution in [0.15, 0.2) is 53.5 Å². The lowest BCUT2D eigenvalue weighted by atomic mass is 10.0. The van der Waals surface area contributed by atoms with E-state index in [1.54, 1.807) is 0 Å². The van der Waals surface area contributed by atoms with Crippen LogP contribution >= 0.6 is 11.8 Å². The molecule has 0 radical (unpaired) electrons. The van der Waals surface area contributed by atoms with Crippen molar-refractivity contribution in [2.24, 2.45) is 4.99 Å². The second-order valence-electron chi connectivity index (χ2n) is 8.36. The number of hydrogen-bond acceptors (Lipinski definition) is 5. The first-order valence-corrected chi connectivity index (χ1v) is 12.1. The summed E-state index contributed by atoms with van der Waals surface area (Å²) in [5, 5.41) is 1.18. The van der Waals surface area contributed by atoms with Crippen molar-refractivity contribution in [1.82, 2.24) is 9.80 Å². The van der Waals surface area contributed by atoms with Gasteiger partial charge >= 0.3 is 0 Å². The fourth-order valence-corrected chi connectivity index (χ4v) is 5.19. The quantitative estimate of drug-likeness (QED) is 0.551. The third-order valence-corrected chi connectivity index (χ3v) is 7.22. The van der Waals surface area contributed by atoms with Crippen molar-refractivity contribution in [2.45, 2.75) is 44.4 Å². The van der Waals surface area contributed by atoms with Crippen molar-refractivity contribution < 1.29 is 4.74 Å². The molecule has 0 saturated carbocycles. The number of thioether (sulfide) groups is 1. The maximum atomic E-state index is 5.85. The number of piperidine rings is 1. The van der Waals surface area contributed by atoms with E-state index in [9.17, 15) is 0 Å². The fraction of sp³-hybridized carbons (Fsp3) is 0.480. The SMILES string of the molecule is Cc1ccc(OCCCCN2CCC(N(C)C3=Nc4ccccc4CS3)CC2)cc1. The normalized spacial score (nSPS) is 17.3. The van der Waals surface area contributed by atoms with Crippen molar-refractivity contribution >= 4 is 22.6 Å². The predicted molar refractivity (Wildman–Crippen MR) is 128 cm³/mol. The average molecular weight is 424 g/mol. The highest BCUT2D eigenvalue weighted by Gasteiger charge is 2.26. The standard InChI is InChI=1S/C25H33N3OS/c1-20-9-11-23(12-10-20)29-18-6-5-15-28-16-13-22(14-17-28)27(2)25-26-24-8-4-3-7-21(24)19-30-25/h3-4,7-12,22H,5-6,13-19H2,1-2H3. The zero-order valence-corrected chi connectivity index (χ0v) is 19.0. The molecule has 0 spiro atoms. The largest absolute Gasteiger partial charge is 0.494 e. The molecule has 0 N–H and O–H groups in total. The molecular weight excluding hydrogens is 390 g/mol. The van der Waals surface area contributed by atoms with Crippen molar-refractivity contribution in [1.29, 1.82) is 0 Å². The van der Waals surface area contributed by atoms with Gasteiger partial charge in [0, 0.05) is 31.9 Å². The number of benzene rings is 2. The van der Waals surface area contributed by atoms with E-state index in [0.29, 0.717) is 6.04 Å². The number of aryl methyl sites for hydroxylation is 1. The first-order chi connectivity index (χ1) is 14.7. The third-order valence-electron chi connectivity index (χ3n) is 6.13. The number of aliphatic imine (C=N–C) groups is 1. The molecule has 0 atom stereocenters. The first kappa shape index (κ1) is 21.3. The molecule has 2 aromatic carbocycles. The Labute approximate surface area is 185 Å². The molecule has 30 heavy (non-hydrogen) atoms. The Morgan fingerprint density at radius 1 is 1.07 bits per heavy atom. The highest BCUT2D eigenvalue weighted by molar-refractivity contribution is 8.13. The second-order valence-corrected chi connectivity index (χ2v) is 9.31. The van der Waals surface area contributed by atoms with Gasteiger partial charge in [0.1, 0.15) is 5.75 Å². The Hall–Kier alpha value is -1.98. The lowest BCUT2D eigenvalue weighted by Gasteiger charge is -2.38. The summed E-state index contributed by atoms with van der Waals surface area (Å²) < 4.78 is 5.85. The lowest BCUT2D eigenvalue weighted by molar-refractivity contribution is 0.162. The minimum atomic E-state index is 0.600. The third kappa shape index (κ3) is 5.58. The molecule has 4 rings (SSSR count). The minimum absolute atomic E-state index is 0.600. The van der Waals surface area contributed by atoms with Crippen LogP contribution in [0.3, 0.4) is 0 Å². The number of amidine groups is 1. The summed E-state index contributed by atoms with van der Waals surface area (Å²) in [6.07, 6.45) is 4.75. The monoisotopic (exact) mass is 423 g/mol. The fourth-order valence-electron chi connectivity index (χ4n) is 4.15. The summed E-state index contributed by atoms with van der Waals surface area (Å²) in [5.74, 6) is 2.01. The summed E-state index contributed by atoms with van der Waals surface area (Å²) in [7, 11) is 2.22. The van der Waals surface area contributed by atoms with Gasteiger partial charge in [-0.3, -0.25) is 0 Å². The van der Waals surface area contributed by atoms with Gasteiger partial charge < -0.3 is 14.5 Å². The van der Waals surface area contributed by atoms with Gasteiger partial charge in [0.15, 0.2) is 5.17 Å². The summed E-state index contributed by atoms with van der Waals surface area (Å²) in [5.41, 5.74) is 3.76. The highest BCUT2D eigenvalue weighted by atomic mass is 32.2. The van der Waals surface area contributed by atoms with Crippen molar-refractivity contribution in [2.75, 3.05) is 33.3 Å². The molecule has 1 fully saturated rings. The number of rotatable bonds is 7. The maximum absolute atomic E-state index is 5.85. The van der Waals surface area contributed by atoms with Gasteiger partial charge in [0.25, 0.3) is 0 Å². The Kier molecular flexibility index (Phi) is 7.34. The van der Waals surface area contributed by atoms with Gasteiger partial charge in [-0.2, -0.15) is 0 Å². The van der Waals surface area contributed by atoms with E-state index in [0.717, 1.165) is 30.2 Å². The van der Waals surface area contributed by atoms with E-state index in [1.165, 1.54) is 55.2 Å². The molecule has 0 amide bonds. The number of fused-ring (bicyclic) bond motifs is 1. The Bertz CT molecular complexity index is 844. The van der Waals surface area contributed by atoms with Gasteiger partial charge in [0.2, 0.25) is 0 Å². The average Bonchev–Trinajstić information content (AvgIpc) is 2.80. The first-order valence-electron chi connectivity index (χ1n) is 11.1. The molecular formula is C25H33N3OS. The van der Waals surface area contributed by atoms with Gasteiger partial charge in [-0.15, -0.1) is 0 Å². The van der Waals surface area contributed by atoms with Crippen molar-refractivity contribution in [3.63, 3.8) is 0 Å². The number of likely N-dealkylation sites (tertiary alicyclic amines) is 1. The number of hydrogen-bond donors (Lipinski definition) is 0. The molecule has 1 saturated heterocycles. The number of para-hydroxylation sites is 1. The molecule has 2 heterocycles. The van der Waals surface area contributed by atoms with Crippen molar-refractivity contribution in [3.05, 3.63) is 59.7 Å². The van der Waals surface area contributed by atoms with Gasteiger partial charge in [-0.1, -0.05) is 47.7 Å². The van der Waals surface area contributed by atoms with E-state index in [4.69, 9.17) is 9.73 Å². The van der Waals surface area contributed by atoms with E-state index in [2.05, 4.69) is 72.3 Å². The number of ether oxygens (including phenoxy) is 1. The second kappa shape index (κ2) is 10.4. The van der Waals surface area contributed by atoms with Gasteiger partial charge in [-0.05, 0) is 62.9 Å². The molecule has 4 nitrogen and oxygen atoms in total. The van der Waals surface area contributed by atoms with Crippen LogP contribution in [-0.2, 0) is 5.75 Å². The predicted octanol–water partition coefficient (Wildman–Crippen LogP) is 5.48. The molecule has 0 aromatic heterocycles. The van der Waals surface area contributed by atoms with E-state index in [-0.39, 0.29) is 0 Å². The van der Waals surface area contributed by atoms with Crippen LogP contribution in [-0.4, -0.2) is 54.3 Å². The van der Waals surface area contributed by atoms with Gasteiger partial charge in [0.05, 0.1) is 12.3 Å². The zero-order chi connectivity index (χ0) is 20.8. The smallest absolute Gasteiger partial charge is 0.164 e. The van der Waals surface area contributed by atoms with Crippen LogP contribution in [0.4, 0.5) is 5.69 Å². The minimum Gasteiger partial charge on any atom is -0.494 e. The topological polar surface area (TPSA) is 28.1 Å². The highest BCUT2D eigenvalue weighted by Crippen LogP contribution is 2.32. The summed E-state index contributed by atoms with van der Waals surface area (Å²) in [4.78, 5) is 9.95. The van der Waals surface area contributed by atoms with E-state index < -0.39 is 0 Å². The molecule has 0 unspecified atom stereocenters. The molecule has 2 aromatic rings. The Morgan fingerprint density at radius 3 is 2.63 bits per heavy atom. The number of nitrogens with zero attached hydrogens (tertiary/aromatic N) is 3. The zero-order valence-electron chi connectivity index (χ0n) is 18.2. The molecule has 160 valence electrons. The number of unbranched alkanes of at least 4 members (excludes halogenated alkanes) is 1. The lowest BCUT2D eigenvalue weighted by Crippen LogP contribution is -2.45. The molecule has 2 aliphatic rings. The van der Waals surface area contributed by atoms with E-state index in [1.807, 2.05) is 11.8 Å². The molecule has 0 bridgehead atoms.